The summed E-state index contributed by atoms with van der Waals surface area (Å²) in [5.74, 6) is 1.03. The molecule has 1 fully saturated rings. The van der Waals surface area contributed by atoms with E-state index in [0.29, 0.717) is 0 Å². The van der Waals surface area contributed by atoms with Crippen molar-refractivity contribution in [3.63, 3.8) is 0 Å². The minimum atomic E-state index is -0.213. The van der Waals surface area contributed by atoms with Crippen LogP contribution in [0, 0.1) is 0 Å². The van der Waals surface area contributed by atoms with Crippen LogP contribution in [0.15, 0.2) is 23.8 Å². The van der Waals surface area contributed by atoms with E-state index in [1.807, 2.05) is 0 Å². The fourth-order valence-electron chi connectivity index (χ4n) is 3.66. The average molecular weight is 286 g/mol. The standard InChI is InChI=1S/C18H26N2O/c1-5-20(6-2)16-10-9-14-12-15-8-7-11-18(15,19(3)4)21-17(14)13-16/h9-10,12-13H,5-8,11H2,1-4H3. The van der Waals surface area contributed by atoms with Gasteiger partial charge in [-0.1, -0.05) is 0 Å². The van der Waals surface area contributed by atoms with Gasteiger partial charge in [0, 0.05) is 36.8 Å². The maximum absolute atomic E-state index is 6.52. The molecule has 1 unspecified atom stereocenters. The summed E-state index contributed by atoms with van der Waals surface area (Å²) in [7, 11) is 4.25. The van der Waals surface area contributed by atoms with E-state index in [2.05, 4.69) is 62.0 Å². The molecule has 21 heavy (non-hydrogen) atoms. The van der Waals surface area contributed by atoms with E-state index in [9.17, 15) is 0 Å². The van der Waals surface area contributed by atoms with Crippen molar-refractivity contribution in [1.82, 2.24) is 4.90 Å². The molecule has 0 aromatic heterocycles. The first-order valence-corrected chi connectivity index (χ1v) is 8.07. The molecule has 2 aliphatic rings. The fourth-order valence-corrected chi connectivity index (χ4v) is 3.66. The van der Waals surface area contributed by atoms with E-state index in [-0.39, 0.29) is 5.72 Å². The second-order valence-electron chi connectivity index (χ2n) is 6.20. The molecule has 0 radical (unpaired) electrons. The zero-order valence-electron chi connectivity index (χ0n) is 13.6. The van der Waals surface area contributed by atoms with Gasteiger partial charge in [0.2, 0.25) is 0 Å². The Bertz CT molecular complexity index is 560. The van der Waals surface area contributed by atoms with Gasteiger partial charge in [-0.25, -0.2) is 0 Å². The van der Waals surface area contributed by atoms with Crippen LogP contribution in [0.25, 0.3) is 6.08 Å². The molecule has 0 N–H and O–H groups in total. The quantitative estimate of drug-likeness (QED) is 0.838. The third-order valence-corrected chi connectivity index (χ3v) is 4.92. The minimum absolute atomic E-state index is 0.213. The van der Waals surface area contributed by atoms with Gasteiger partial charge in [-0.2, -0.15) is 0 Å². The predicted molar refractivity (Wildman–Crippen MR) is 88.9 cm³/mol. The highest BCUT2D eigenvalue weighted by atomic mass is 16.5. The van der Waals surface area contributed by atoms with Crippen LogP contribution in [0.2, 0.25) is 0 Å². The minimum Gasteiger partial charge on any atom is -0.468 e. The summed E-state index contributed by atoms with van der Waals surface area (Å²) in [6, 6.07) is 6.62. The predicted octanol–water partition coefficient (Wildman–Crippen LogP) is 3.75. The smallest absolute Gasteiger partial charge is 0.185 e. The second kappa shape index (κ2) is 5.38. The molecule has 0 amide bonds. The van der Waals surface area contributed by atoms with Gasteiger partial charge in [0.1, 0.15) is 5.75 Å². The molecule has 0 bridgehead atoms. The molecule has 3 rings (SSSR count). The summed E-state index contributed by atoms with van der Waals surface area (Å²) in [6.07, 6.45) is 5.79. The highest BCUT2D eigenvalue weighted by molar-refractivity contribution is 5.69. The van der Waals surface area contributed by atoms with E-state index in [1.54, 1.807) is 0 Å². The van der Waals surface area contributed by atoms with Crippen LogP contribution >= 0.6 is 0 Å². The highest BCUT2D eigenvalue weighted by Crippen LogP contribution is 2.46. The van der Waals surface area contributed by atoms with Crippen molar-refractivity contribution < 1.29 is 4.74 Å². The van der Waals surface area contributed by atoms with Gasteiger partial charge in [0.25, 0.3) is 0 Å². The normalized spacial score (nSPS) is 23.4. The zero-order valence-corrected chi connectivity index (χ0v) is 13.6. The van der Waals surface area contributed by atoms with Gasteiger partial charge in [-0.05, 0) is 64.6 Å². The lowest BCUT2D eigenvalue weighted by Gasteiger charge is -2.41. The lowest BCUT2D eigenvalue weighted by Crippen LogP contribution is -2.49. The summed E-state index contributed by atoms with van der Waals surface area (Å²) < 4.78 is 6.52. The van der Waals surface area contributed by atoms with Crippen LogP contribution in [-0.2, 0) is 0 Å². The molecular formula is C18H26N2O. The largest absolute Gasteiger partial charge is 0.468 e. The van der Waals surface area contributed by atoms with Crippen molar-refractivity contribution in [3.05, 3.63) is 29.3 Å². The third kappa shape index (κ3) is 2.24. The van der Waals surface area contributed by atoms with Crippen LogP contribution in [-0.4, -0.2) is 37.8 Å². The first kappa shape index (κ1) is 14.5. The Balaban J connectivity index is 2.01. The Labute approximate surface area is 128 Å². The second-order valence-corrected chi connectivity index (χ2v) is 6.20. The van der Waals surface area contributed by atoms with E-state index in [4.69, 9.17) is 4.74 Å². The van der Waals surface area contributed by atoms with Gasteiger partial charge < -0.3 is 9.64 Å². The van der Waals surface area contributed by atoms with Gasteiger partial charge in [-0.15, -0.1) is 0 Å². The van der Waals surface area contributed by atoms with Crippen molar-refractivity contribution in [1.29, 1.82) is 0 Å². The topological polar surface area (TPSA) is 15.7 Å². The van der Waals surface area contributed by atoms with Crippen LogP contribution in [0.5, 0.6) is 5.75 Å². The van der Waals surface area contributed by atoms with Gasteiger partial charge in [0.05, 0.1) is 0 Å². The maximum Gasteiger partial charge on any atom is 0.185 e. The first-order valence-electron chi connectivity index (χ1n) is 8.07. The van der Waals surface area contributed by atoms with Gasteiger partial charge in [0.15, 0.2) is 5.72 Å². The summed E-state index contributed by atoms with van der Waals surface area (Å²) >= 11 is 0. The molecule has 1 aromatic rings. The van der Waals surface area contributed by atoms with E-state index in [1.165, 1.54) is 23.2 Å². The van der Waals surface area contributed by atoms with Crippen molar-refractivity contribution >= 4 is 11.8 Å². The number of nitrogens with zero attached hydrogens (tertiary/aromatic N) is 2. The number of ether oxygens (including phenoxy) is 1. The number of hydrogen-bond donors (Lipinski definition) is 0. The summed E-state index contributed by atoms with van der Waals surface area (Å²) in [5, 5.41) is 0. The molecule has 0 saturated heterocycles. The van der Waals surface area contributed by atoms with Crippen molar-refractivity contribution in [3.8, 4) is 5.75 Å². The number of anilines is 1. The maximum atomic E-state index is 6.52. The van der Waals surface area contributed by atoms with Crippen molar-refractivity contribution in [2.24, 2.45) is 0 Å². The summed E-state index contributed by atoms with van der Waals surface area (Å²) in [5.41, 5.74) is 3.69. The summed E-state index contributed by atoms with van der Waals surface area (Å²) in [6.45, 7) is 6.44. The van der Waals surface area contributed by atoms with Crippen molar-refractivity contribution in [2.75, 3.05) is 32.1 Å². The van der Waals surface area contributed by atoms with E-state index >= 15 is 0 Å². The Hall–Kier alpha value is -1.48. The Morgan fingerprint density at radius 2 is 1.95 bits per heavy atom. The number of fused-ring (bicyclic) bond motifs is 2. The fraction of sp³-hybridized carbons (Fsp3) is 0.556. The molecule has 3 heteroatoms. The van der Waals surface area contributed by atoms with E-state index in [0.717, 1.165) is 31.7 Å². The van der Waals surface area contributed by atoms with Crippen LogP contribution in [0.4, 0.5) is 5.69 Å². The Morgan fingerprint density at radius 1 is 1.19 bits per heavy atom. The molecule has 1 aromatic carbocycles. The average Bonchev–Trinajstić information content (AvgIpc) is 2.90. The first-order chi connectivity index (χ1) is 10.1. The monoisotopic (exact) mass is 286 g/mol. The Kier molecular flexibility index (Phi) is 3.70. The van der Waals surface area contributed by atoms with Gasteiger partial charge in [-0.3, -0.25) is 4.90 Å². The molecule has 1 atom stereocenters. The Morgan fingerprint density at radius 3 is 2.62 bits per heavy atom. The van der Waals surface area contributed by atoms with Crippen LogP contribution in [0.3, 0.4) is 0 Å². The lowest BCUT2D eigenvalue weighted by molar-refractivity contribution is -0.0198. The molecule has 3 nitrogen and oxygen atoms in total. The number of benzene rings is 1. The van der Waals surface area contributed by atoms with Crippen LogP contribution < -0.4 is 9.64 Å². The molecule has 1 heterocycles. The van der Waals surface area contributed by atoms with Crippen molar-refractivity contribution in [2.45, 2.75) is 38.8 Å². The highest BCUT2D eigenvalue weighted by Gasteiger charge is 2.45. The number of likely N-dealkylation sites (N-methyl/N-ethyl adjacent to an activating group) is 1. The van der Waals surface area contributed by atoms with Gasteiger partial charge >= 0.3 is 0 Å². The SMILES string of the molecule is CCN(CC)c1ccc2c(c1)OC1(N(C)C)CCCC1=C2. The third-order valence-electron chi connectivity index (χ3n) is 4.92. The molecule has 0 spiro atoms. The molecular weight excluding hydrogens is 260 g/mol. The number of hydrogen-bond acceptors (Lipinski definition) is 3. The molecule has 1 aliphatic carbocycles. The number of rotatable bonds is 4. The molecule has 1 saturated carbocycles. The zero-order chi connectivity index (χ0) is 15.0. The molecule has 1 aliphatic heterocycles. The molecule has 114 valence electrons. The van der Waals surface area contributed by atoms with Crippen LogP contribution in [0.1, 0.15) is 38.7 Å². The lowest BCUT2D eigenvalue weighted by atomic mass is 9.97. The van der Waals surface area contributed by atoms with E-state index < -0.39 is 0 Å². The summed E-state index contributed by atoms with van der Waals surface area (Å²) in [4.78, 5) is 4.60.